The van der Waals surface area contributed by atoms with Crippen molar-refractivity contribution in [2.45, 2.75) is 26.3 Å². The average molecular weight is 79.7 g/mol. The Morgan fingerprint density at radius 1 is 1.67 bits per heavy atom. The highest BCUT2D eigenvalue weighted by Gasteiger charge is 1.94. The molecule has 2 heteroatoms. The standard InChI is InChI=1S/C4H10B2/c1-3-6(2)4-5/h3-4H2,1-2H3. The van der Waals surface area contributed by atoms with E-state index >= 15 is 0 Å². The summed E-state index contributed by atoms with van der Waals surface area (Å²) in [5, 5.41) is 0. The predicted octanol–water partition coefficient (Wildman–Crippen LogP) is 1.26. The lowest BCUT2D eigenvalue weighted by molar-refractivity contribution is 1.40. The van der Waals surface area contributed by atoms with Crippen molar-refractivity contribution >= 4 is 14.6 Å². The first-order chi connectivity index (χ1) is 2.81. The third kappa shape index (κ3) is 2.37. The minimum absolute atomic E-state index is 0.713. The molecule has 0 aromatic heterocycles. The molecule has 6 heavy (non-hydrogen) atoms. The van der Waals surface area contributed by atoms with Crippen molar-refractivity contribution < 1.29 is 0 Å². The van der Waals surface area contributed by atoms with E-state index in [9.17, 15) is 0 Å². The highest BCUT2D eigenvalue weighted by Crippen LogP contribution is 1.91. The van der Waals surface area contributed by atoms with Crippen molar-refractivity contribution in [1.29, 1.82) is 0 Å². The van der Waals surface area contributed by atoms with Crippen molar-refractivity contribution in [2.24, 2.45) is 0 Å². The van der Waals surface area contributed by atoms with Gasteiger partial charge in [-0.05, 0) is 0 Å². The molecule has 2 radical (unpaired) electrons. The van der Waals surface area contributed by atoms with Gasteiger partial charge in [-0.2, -0.15) is 0 Å². The first kappa shape index (κ1) is 6.13. The molecule has 0 rings (SSSR count). The zero-order valence-electron chi connectivity index (χ0n) is 4.57. The average Bonchev–Trinajstić information content (AvgIpc) is 1.65. The van der Waals surface area contributed by atoms with Gasteiger partial charge in [0.05, 0.1) is 7.85 Å². The van der Waals surface area contributed by atoms with Crippen LogP contribution in [-0.4, -0.2) is 14.6 Å². The van der Waals surface area contributed by atoms with Gasteiger partial charge in [-0.15, -0.1) is 6.22 Å². The minimum atomic E-state index is 0.713. The lowest BCUT2D eigenvalue weighted by Crippen LogP contribution is -2.01. The summed E-state index contributed by atoms with van der Waals surface area (Å²) in [5.74, 6) is 0. The van der Waals surface area contributed by atoms with Crippen LogP contribution in [0.25, 0.3) is 0 Å². The van der Waals surface area contributed by atoms with Gasteiger partial charge in [0, 0.05) is 0 Å². The summed E-state index contributed by atoms with van der Waals surface area (Å²) < 4.78 is 0. The van der Waals surface area contributed by atoms with Gasteiger partial charge in [-0.1, -0.05) is 20.1 Å². The van der Waals surface area contributed by atoms with Crippen LogP contribution in [-0.2, 0) is 0 Å². The van der Waals surface area contributed by atoms with Crippen molar-refractivity contribution in [3.05, 3.63) is 0 Å². The van der Waals surface area contributed by atoms with Crippen LogP contribution < -0.4 is 0 Å². The van der Waals surface area contributed by atoms with E-state index in [0.717, 1.165) is 6.22 Å². The molecule has 32 valence electrons. The number of hydrogen-bond donors (Lipinski definition) is 0. The Balaban J connectivity index is 2.75. The molecule has 0 aromatic rings. The second-order valence-corrected chi connectivity index (χ2v) is 1.75. The molecule has 0 amide bonds. The third-order valence-electron chi connectivity index (χ3n) is 1.10. The zero-order valence-corrected chi connectivity index (χ0v) is 4.57. The fraction of sp³-hybridized carbons (Fsp3) is 1.00. The van der Waals surface area contributed by atoms with Crippen LogP contribution in [0.15, 0.2) is 0 Å². The molecule has 0 heterocycles. The van der Waals surface area contributed by atoms with E-state index in [0.29, 0.717) is 6.71 Å². The monoisotopic (exact) mass is 80.1 g/mol. The molecule has 0 atom stereocenters. The third-order valence-corrected chi connectivity index (χ3v) is 1.10. The summed E-state index contributed by atoms with van der Waals surface area (Å²) in [4.78, 5) is 0. The van der Waals surface area contributed by atoms with Crippen LogP contribution in [0.1, 0.15) is 6.92 Å². The highest BCUT2D eigenvalue weighted by atomic mass is 13.5. The van der Waals surface area contributed by atoms with E-state index in [1.165, 1.54) is 6.32 Å². The maximum absolute atomic E-state index is 5.28. The SMILES string of the molecule is [B]CB(C)CC. The number of rotatable bonds is 2. The Morgan fingerprint density at radius 2 is 2.17 bits per heavy atom. The van der Waals surface area contributed by atoms with E-state index in [4.69, 9.17) is 7.85 Å². The molecule has 0 aliphatic heterocycles. The van der Waals surface area contributed by atoms with Gasteiger partial charge in [0.2, 0.25) is 0 Å². The Hall–Kier alpha value is 0.130. The fourth-order valence-electron chi connectivity index (χ4n) is 0.167. The van der Waals surface area contributed by atoms with Gasteiger partial charge < -0.3 is 0 Å². The second-order valence-electron chi connectivity index (χ2n) is 1.75. The summed E-state index contributed by atoms with van der Waals surface area (Å²) in [6, 6.07) is 0. The van der Waals surface area contributed by atoms with Gasteiger partial charge in [0.25, 0.3) is 0 Å². The van der Waals surface area contributed by atoms with Crippen LogP contribution in [0, 0.1) is 0 Å². The minimum Gasteiger partial charge on any atom is -0.108 e. The van der Waals surface area contributed by atoms with Gasteiger partial charge in [0.1, 0.15) is 6.71 Å². The molecule has 0 bridgehead atoms. The van der Waals surface area contributed by atoms with Crippen LogP contribution in [0.4, 0.5) is 0 Å². The largest absolute Gasteiger partial charge is 0.127 e. The molecule has 0 aliphatic carbocycles. The first-order valence-electron chi connectivity index (χ1n) is 2.51. The molecule has 0 saturated heterocycles. The summed E-state index contributed by atoms with van der Waals surface area (Å²) >= 11 is 0. The quantitative estimate of drug-likeness (QED) is 0.438. The van der Waals surface area contributed by atoms with Crippen LogP contribution in [0.3, 0.4) is 0 Å². The molecule has 0 unspecified atom stereocenters. The van der Waals surface area contributed by atoms with Gasteiger partial charge in [0.15, 0.2) is 0 Å². The Bertz CT molecular complexity index is 24.7. The van der Waals surface area contributed by atoms with Crippen molar-refractivity contribution in [2.75, 3.05) is 0 Å². The van der Waals surface area contributed by atoms with Crippen molar-refractivity contribution in [3.8, 4) is 0 Å². The van der Waals surface area contributed by atoms with E-state index in [1.54, 1.807) is 0 Å². The molecule has 0 nitrogen and oxygen atoms in total. The first-order valence-corrected chi connectivity index (χ1v) is 2.51. The predicted molar refractivity (Wildman–Crippen MR) is 32.7 cm³/mol. The zero-order chi connectivity index (χ0) is 4.99. The molecular weight excluding hydrogens is 69.7 g/mol. The second kappa shape index (κ2) is 3.32. The molecule has 0 fully saturated rings. The molecule has 0 aliphatic rings. The van der Waals surface area contributed by atoms with E-state index in [-0.39, 0.29) is 0 Å². The maximum atomic E-state index is 5.28. The Morgan fingerprint density at radius 3 is 2.17 bits per heavy atom. The summed E-state index contributed by atoms with van der Waals surface area (Å²) in [7, 11) is 5.28. The Kier molecular flexibility index (Phi) is 3.40. The van der Waals surface area contributed by atoms with E-state index in [2.05, 4.69) is 13.7 Å². The normalized spacial score (nSPS) is 8.33. The van der Waals surface area contributed by atoms with Crippen LogP contribution in [0.5, 0.6) is 0 Å². The smallest absolute Gasteiger partial charge is 0.108 e. The van der Waals surface area contributed by atoms with Gasteiger partial charge in [-0.25, -0.2) is 0 Å². The summed E-state index contributed by atoms with van der Waals surface area (Å²) in [6.07, 6.45) is 2.03. The summed E-state index contributed by atoms with van der Waals surface area (Å²) in [6.45, 7) is 5.02. The lowest BCUT2D eigenvalue weighted by Gasteiger charge is -1.93. The van der Waals surface area contributed by atoms with Crippen LogP contribution >= 0.6 is 0 Å². The van der Waals surface area contributed by atoms with Crippen LogP contribution in [0.2, 0.25) is 19.4 Å². The molecule has 0 spiro atoms. The topological polar surface area (TPSA) is 0 Å². The maximum Gasteiger partial charge on any atom is 0.127 e. The molecular formula is C4H10B2. The molecule has 0 aromatic carbocycles. The lowest BCUT2D eigenvalue weighted by atomic mass is 9.43. The molecule has 0 N–H and O–H groups in total. The molecule has 0 saturated carbocycles. The van der Waals surface area contributed by atoms with Crippen molar-refractivity contribution in [3.63, 3.8) is 0 Å². The van der Waals surface area contributed by atoms with E-state index in [1.807, 2.05) is 0 Å². The van der Waals surface area contributed by atoms with Crippen molar-refractivity contribution in [1.82, 2.24) is 0 Å². The highest BCUT2D eigenvalue weighted by molar-refractivity contribution is 6.64. The number of hydrogen-bond acceptors (Lipinski definition) is 0. The van der Waals surface area contributed by atoms with Gasteiger partial charge in [-0.3, -0.25) is 0 Å². The fourth-order valence-corrected chi connectivity index (χ4v) is 0.167. The summed E-state index contributed by atoms with van der Waals surface area (Å²) in [5.41, 5.74) is 0. The Labute approximate surface area is 41.8 Å². The van der Waals surface area contributed by atoms with E-state index < -0.39 is 0 Å². The van der Waals surface area contributed by atoms with Gasteiger partial charge >= 0.3 is 0 Å².